The largest absolute Gasteiger partial charge is 0.490 e. The fourth-order valence-electron chi connectivity index (χ4n) is 1.28. The van der Waals surface area contributed by atoms with E-state index in [9.17, 15) is 0 Å². The molecule has 0 atom stereocenters. The van der Waals surface area contributed by atoms with Crippen molar-refractivity contribution in [2.24, 2.45) is 0 Å². The van der Waals surface area contributed by atoms with Crippen LogP contribution in [-0.4, -0.2) is 21.0 Å². The lowest BCUT2D eigenvalue weighted by atomic mass is 9.95. The first kappa shape index (κ1) is 7.81. The van der Waals surface area contributed by atoms with Crippen molar-refractivity contribution in [2.75, 3.05) is 18.5 Å². The Kier molecular flexibility index (Phi) is 1.89. The monoisotopic (exact) mass is 181 g/mol. The molecule has 1 aliphatic rings. The fraction of sp³-hybridized carbons (Fsp3) is 0.250. The van der Waals surface area contributed by atoms with Crippen LogP contribution in [0.3, 0.4) is 0 Å². The third kappa shape index (κ3) is 1.14. The summed E-state index contributed by atoms with van der Waals surface area (Å²) in [6, 6.07) is 3.91. The summed E-state index contributed by atoms with van der Waals surface area (Å²) < 4.78 is 5.41. The Hall–Kier alpha value is -0.825. The summed E-state index contributed by atoms with van der Waals surface area (Å²) in [5.74, 6) is 0.858. The number of halogens is 1. The summed E-state index contributed by atoms with van der Waals surface area (Å²) in [6.45, 7) is 1.54. The Balaban J connectivity index is 2.54. The quantitative estimate of drug-likeness (QED) is 0.585. The Labute approximate surface area is 77.3 Å². The molecule has 1 aromatic carbocycles. The Morgan fingerprint density at radius 1 is 1.50 bits per heavy atom. The Morgan fingerprint density at radius 3 is 3.17 bits per heavy atom. The average Bonchev–Trinajstić information content (AvgIpc) is 2.12. The van der Waals surface area contributed by atoms with Crippen LogP contribution in [0.1, 0.15) is 0 Å². The maximum absolute atomic E-state index is 6.07. The van der Waals surface area contributed by atoms with Crippen molar-refractivity contribution < 1.29 is 4.74 Å². The first-order chi connectivity index (χ1) is 5.79. The molecule has 2 nitrogen and oxygen atoms in total. The number of ether oxygens (including phenoxy) is 1. The lowest BCUT2D eigenvalue weighted by Gasteiger charge is -2.20. The van der Waals surface area contributed by atoms with E-state index in [1.54, 1.807) is 0 Å². The highest BCUT2D eigenvalue weighted by atomic mass is 35.5. The van der Waals surface area contributed by atoms with E-state index in [0.717, 1.165) is 28.5 Å². The Morgan fingerprint density at radius 2 is 2.33 bits per heavy atom. The van der Waals surface area contributed by atoms with Gasteiger partial charge in [0, 0.05) is 6.54 Å². The van der Waals surface area contributed by atoms with E-state index in [1.807, 2.05) is 20.0 Å². The summed E-state index contributed by atoms with van der Waals surface area (Å²) in [5, 5.41) is 3.99. The molecule has 0 aliphatic carbocycles. The predicted octanol–water partition coefficient (Wildman–Crippen LogP) is 0.403. The van der Waals surface area contributed by atoms with Crippen LogP contribution in [0.15, 0.2) is 12.1 Å². The number of benzene rings is 1. The summed E-state index contributed by atoms with van der Waals surface area (Å²) in [5.41, 5.74) is 2.01. The topological polar surface area (TPSA) is 21.3 Å². The van der Waals surface area contributed by atoms with Crippen LogP contribution in [0.4, 0.5) is 5.69 Å². The van der Waals surface area contributed by atoms with E-state index in [-0.39, 0.29) is 0 Å². The molecule has 0 bridgehead atoms. The second-order valence-corrected chi connectivity index (χ2v) is 3.22. The van der Waals surface area contributed by atoms with Gasteiger partial charge in [-0.3, -0.25) is 0 Å². The van der Waals surface area contributed by atoms with Gasteiger partial charge in [-0.2, -0.15) is 0 Å². The zero-order valence-corrected chi connectivity index (χ0v) is 7.61. The van der Waals surface area contributed by atoms with E-state index in [4.69, 9.17) is 16.3 Å². The van der Waals surface area contributed by atoms with Crippen LogP contribution < -0.4 is 15.5 Å². The number of hydrogen-bond donors (Lipinski definition) is 1. The van der Waals surface area contributed by atoms with Gasteiger partial charge in [-0.25, -0.2) is 0 Å². The van der Waals surface area contributed by atoms with Gasteiger partial charge in [0.1, 0.15) is 20.2 Å². The maximum Gasteiger partial charge on any atom is 0.143 e. The molecule has 0 aromatic heterocycles. The van der Waals surface area contributed by atoms with Crippen LogP contribution in [0.5, 0.6) is 5.75 Å². The smallest absolute Gasteiger partial charge is 0.143 e. The van der Waals surface area contributed by atoms with Crippen molar-refractivity contribution in [1.29, 1.82) is 0 Å². The highest BCUT2D eigenvalue weighted by Gasteiger charge is 2.13. The lowest BCUT2D eigenvalue weighted by molar-refractivity contribution is 0.323. The predicted molar refractivity (Wildman–Crippen MR) is 53.6 cm³/mol. The molecule has 0 saturated heterocycles. The minimum atomic E-state index is 0.715. The highest BCUT2D eigenvalue weighted by Crippen LogP contribution is 2.32. The van der Waals surface area contributed by atoms with E-state index in [0.29, 0.717) is 6.61 Å². The molecule has 0 saturated carbocycles. The van der Waals surface area contributed by atoms with Crippen LogP contribution >= 0.6 is 11.6 Å². The molecule has 62 valence electrons. The molecule has 1 aromatic rings. The van der Waals surface area contributed by atoms with Gasteiger partial charge < -0.3 is 10.1 Å². The first-order valence-electron chi connectivity index (χ1n) is 3.95. The second kappa shape index (κ2) is 2.90. The standard InChI is InChI=1S/C8H9BClNO/c9-5-1-2-6-8(7(5)10)11-3-4-12-6/h1-2,11H,3-4,9H2. The average molecular weight is 181 g/mol. The van der Waals surface area contributed by atoms with Crippen LogP contribution in [-0.2, 0) is 0 Å². The second-order valence-electron chi connectivity index (χ2n) is 2.84. The van der Waals surface area contributed by atoms with Crippen molar-refractivity contribution >= 4 is 30.6 Å². The molecule has 0 unspecified atom stereocenters. The van der Waals surface area contributed by atoms with Crippen molar-refractivity contribution in [3.05, 3.63) is 17.2 Å². The number of fused-ring (bicyclic) bond motifs is 1. The van der Waals surface area contributed by atoms with Crippen molar-refractivity contribution in [2.45, 2.75) is 0 Å². The minimum Gasteiger partial charge on any atom is -0.490 e. The molecular weight excluding hydrogens is 172 g/mol. The number of nitrogens with one attached hydrogen (secondary N) is 1. The lowest BCUT2D eigenvalue weighted by Crippen LogP contribution is -2.20. The van der Waals surface area contributed by atoms with Crippen LogP contribution in [0.25, 0.3) is 0 Å². The van der Waals surface area contributed by atoms with Gasteiger partial charge >= 0.3 is 0 Å². The first-order valence-corrected chi connectivity index (χ1v) is 4.32. The van der Waals surface area contributed by atoms with Gasteiger partial charge in [0.15, 0.2) is 0 Å². The Bertz CT molecular complexity index is 316. The van der Waals surface area contributed by atoms with Crippen molar-refractivity contribution in [3.8, 4) is 5.75 Å². The zero-order chi connectivity index (χ0) is 8.55. The molecule has 4 heteroatoms. The van der Waals surface area contributed by atoms with Crippen LogP contribution in [0.2, 0.25) is 5.02 Å². The molecule has 2 rings (SSSR count). The van der Waals surface area contributed by atoms with Gasteiger partial charge in [-0.05, 0) is 6.07 Å². The van der Waals surface area contributed by atoms with Crippen molar-refractivity contribution in [1.82, 2.24) is 0 Å². The molecule has 1 heterocycles. The van der Waals surface area contributed by atoms with Gasteiger partial charge in [0.05, 0.1) is 10.7 Å². The minimum absolute atomic E-state index is 0.715. The third-order valence-electron chi connectivity index (χ3n) is 1.96. The summed E-state index contributed by atoms with van der Waals surface area (Å²) in [6.07, 6.45) is 0. The van der Waals surface area contributed by atoms with Crippen molar-refractivity contribution in [3.63, 3.8) is 0 Å². The summed E-state index contributed by atoms with van der Waals surface area (Å²) in [4.78, 5) is 0. The van der Waals surface area contributed by atoms with E-state index in [1.165, 1.54) is 0 Å². The summed E-state index contributed by atoms with van der Waals surface area (Å²) in [7, 11) is 1.99. The SMILES string of the molecule is Bc1ccc2c(c1Cl)NCCO2. The van der Waals surface area contributed by atoms with Gasteiger partial charge in [0.25, 0.3) is 0 Å². The van der Waals surface area contributed by atoms with E-state index >= 15 is 0 Å². The molecule has 12 heavy (non-hydrogen) atoms. The molecule has 1 N–H and O–H groups in total. The third-order valence-corrected chi connectivity index (χ3v) is 2.45. The molecule has 0 amide bonds. The normalized spacial score (nSPS) is 14.4. The number of rotatable bonds is 0. The summed E-state index contributed by atoms with van der Waals surface area (Å²) >= 11 is 6.07. The van der Waals surface area contributed by atoms with E-state index in [2.05, 4.69) is 5.32 Å². The van der Waals surface area contributed by atoms with Gasteiger partial charge in [-0.15, -0.1) is 0 Å². The zero-order valence-electron chi connectivity index (χ0n) is 6.86. The maximum atomic E-state index is 6.07. The van der Waals surface area contributed by atoms with Gasteiger partial charge in [0.2, 0.25) is 0 Å². The highest BCUT2D eigenvalue weighted by molar-refractivity contribution is 6.47. The molecular formula is C8H9BClNO. The molecule has 1 aliphatic heterocycles. The number of hydrogen-bond acceptors (Lipinski definition) is 2. The number of anilines is 1. The molecule has 0 spiro atoms. The molecule has 0 fully saturated rings. The van der Waals surface area contributed by atoms with E-state index < -0.39 is 0 Å². The fourth-order valence-corrected chi connectivity index (χ4v) is 1.51. The molecule has 0 radical (unpaired) electrons. The van der Waals surface area contributed by atoms with Crippen LogP contribution in [0, 0.1) is 0 Å². The van der Waals surface area contributed by atoms with Gasteiger partial charge in [-0.1, -0.05) is 23.1 Å².